The van der Waals surface area contributed by atoms with Crippen LogP contribution in [0, 0.1) is 0 Å². The van der Waals surface area contributed by atoms with Crippen molar-refractivity contribution in [1.29, 1.82) is 0 Å². The summed E-state index contributed by atoms with van der Waals surface area (Å²) in [5.41, 5.74) is 1.28. The van der Waals surface area contributed by atoms with Gasteiger partial charge in [-0.25, -0.2) is 4.90 Å². The molecule has 1 heterocycles. The van der Waals surface area contributed by atoms with Crippen molar-refractivity contribution < 1.29 is 19.4 Å². The van der Waals surface area contributed by atoms with E-state index in [1.54, 1.807) is 36.4 Å². The van der Waals surface area contributed by atoms with E-state index in [1.807, 2.05) is 0 Å². The second-order valence-electron chi connectivity index (χ2n) is 5.64. The number of ether oxygens (including phenoxy) is 1. The number of carbonyl (C=O) groups is 2. The third-order valence-electron chi connectivity index (χ3n) is 4.08. The van der Waals surface area contributed by atoms with Gasteiger partial charge in [0.1, 0.15) is 5.75 Å². The lowest BCUT2D eigenvalue weighted by molar-refractivity contribution is -0.118. The van der Waals surface area contributed by atoms with Gasteiger partial charge in [-0.1, -0.05) is 29.8 Å². The Morgan fingerprint density at radius 3 is 2.77 bits per heavy atom. The molecule has 0 aliphatic carbocycles. The maximum Gasteiger partial charge on any atom is 0.265 e. The van der Waals surface area contributed by atoms with Gasteiger partial charge in [0.2, 0.25) is 5.91 Å². The maximum absolute atomic E-state index is 13.1. The largest absolute Gasteiger partial charge is 0.495 e. The number of amides is 2. The highest BCUT2D eigenvalue weighted by Crippen LogP contribution is 2.37. The smallest absolute Gasteiger partial charge is 0.265 e. The van der Waals surface area contributed by atoms with E-state index < -0.39 is 17.7 Å². The van der Waals surface area contributed by atoms with Crippen LogP contribution < -0.4 is 9.64 Å². The average molecular weight is 373 g/mol. The molecule has 0 unspecified atom stereocenters. The van der Waals surface area contributed by atoms with E-state index in [0.717, 1.165) is 4.90 Å². The van der Waals surface area contributed by atoms with E-state index in [-0.39, 0.29) is 18.8 Å². The van der Waals surface area contributed by atoms with Crippen LogP contribution >= 0.6 is 11.6 Å². The van der Waals surface area contributed by atoms with Crippen molar-refractivity contribution in [3.8, 4) is 5.75 Å². The number of rotatable bonds is 5. The molecule has 7 heteroatoms. The second kappa shape index (κ2) is 7.68. The van der Waals surface area contributed by atoms with Gasteiger partial charge in [0, 0.05) is 16.8 Å². The normalized spacial score (nSPS) is 16.9. The van der Waals surface area contributed by atoms with Crippen LogP contribution in [0.2, 0.25) is 5.02 Å². The maximum atomic E-state index is 13.1. The van der Waals surface area contributed by atoms with Gasteiger partial charge in [-0.15, -0.1) is 0 Å². The first-order chi connectivity index (χ1) is 12.6. The minimum atomic E-state index is -0.737. The van der Waals surface area contributed by atoms with Gasteiger partial charge in [-0.3, -0.25) is 14.6 Å². The fourth-order valence-corrected chi connectivity index (χ4v) is 3.07. The molecule has 0 spiro atoms. The third kappa shape index (κ3) is 3.21. The molecule has 26 heavy (non-hydrogen) atoms. The summed E-state index contributed by atoms with van der Waals surface area (Å²) in [4.78, 5) is 31.3. The zero-order chi connectivity index (χ0) is 18.7. The number of fused-ring (bicyclic) bond motifs is 1. The monoisotopic (exact) mass is 372 g/mol. The van der Waals surface area contributed by atoms with E-state index in [0.29, 0.717) is 21.9 Å². The number of nitrogens with zero attached hydrogens (tertiary/aromatic N) is 2. The van der Waals surface area contributed by atoms with Crippen LogP contribution in [-0.4, -0.2) is 43.4 Å². The van der Waals surface area contributed by atoms with Crippen LogP contribution in [0.4, 0.5) is 5.69 Å². The number of imide groups is 1. The van der Waals surface area contributed by atoms with Crippen molar-refractivity contribution in [3.05, 3.63) is 58.6 Å². The molecule has 3 rings (SSSR count). The second-order valence-corrected chi connectivity index (χ2v) is 6.08. The first kappa shape index (κ1) is 18.1. The number of aliphatic hydroxyl groups is 1. The van der Waals surface area contributed by atoms with Crippen molar-refractivity contribution in [2.45, 2.75) is 5.92 Å². The topological polar surface area (TPSA) is 79.2 Å². The van der Waals surface area contributed by atoms with Gasteiger partial charge in [0.25, 0.3) is 5.91 Å². The van der Waals surface area contributed by atoms with Gasteiger partial charge in [-0.2, -0.15) is 0 Å². The van der Waals surface area contributed by atoms with Gasteiger partial charge in [0.05, 0.1) is 31.9 Å². The highest BCUT2D eigenvalue weighted by atomic mass is 35.5. The molecule has 2 aromatic carbocycles. The Morgan fingerprint density at radius 2 is 2.04 bits per heavy atom. The molecule has 0 fully saturated rings. The van der Waals surface area contributed by atoms with Crippen molar-refractivity contribution >= 4 is 35.3 Å². The van der Waals surface area contributed by atoms with E-state index in [1.165, 1.54) is 19.4 Å². The number of hydrogen-bond donors (Lipinski definition) is 1. The highest BCUT2D eigenvalue weighted by Gasteiger charge is 2.39. The van der Waals surface area contributed by atoms with E-state index in [9.17, 15) is 9.59 Å². The molecule has 1 N–H and O–H groups in total. The Hall–Kier alpha value is -2.70. The molecule has 1 atom stereocenters. The SMILES string of the molecule is COc1ccc(Cl)cc1N1C(=O)c2ccccc2[C@@H](C=NCCO)C1=O. The van der Waals surface area contributed by atoms with Crippen LogP contribution in [0.15, 0.2) is 47.5 Å². The van der Waals surface area contributed by atoms with Gasteiger partial charge >= 0.3 is 0 Å². The summed E-state index contributed by atoms with van der Waals surface area (Å²) in [5, 5.41) is 9.31. The van der Waals surface area contributed by atoms with Crippen molar-refractivity contribution in [2.75, 3.05) is 25.2 Å². The number of halogens is 1. The van der Waals surface area contributed by atoms with E-state index in [4.69, 9.17) is 21.4 Å². The van der Waals surface area contributed by atoms with E-state index in [2.05, 4.69) is 4.99 Å². The zero-order valence-electron chi connectivity index (χ0n) is 14.1. The summed E-state index contributed by atoms with van der Waals surface area (Å²) in [6.07, 6.45) is 1.47. The fraction of sp³-hybridized carbons (Fsp3) is 0.211. The summed E-state index contributed by atoms with van der Waals surface area (Å²) in [6.45, 7) is 0.0597. The molecule has 0 saturated heterocycles. The third-order valence-corrected chi connectivity index (χ3v) is 4.32. The van der Waals surface area contributed by atoms with Gasteiger partial charge < -0.3 is 9.84 Å². The van der Waals surface area contributed by atoms with Crippen LogP contribution in [0.25, 0.3) is 0 Å². The molecular weight excluding hydrogens is 356 g/mol. The molecule has 2 amide bonds. The van der Waals surface area contributed by atoms with E-state index >= 15 is 0 Å². The molecule has 0 aromatic heterocycles. The van der Waals surface area contributed by atoms with Crippen molar-refractivity contribution in [1.82, 2.24) is 0 Å². The van der Waals surface area contributed by atoms with Crippen LogP contribution in [0.1, 0.15) is 21.8 Å². The van der Waals surface area contributed by atoms with Crippen LogP contribution in [0.3, 0.4) is 0 Å². The minimum absolute atomic E-state index is 0.121. The highest BCUT2D eigenvalue weighted by molar-refractivity contribution is 6.33. The van der Waals surface area contributed by atoms with Crippen LogP contribution in [-0.2, 0) is 4.79 Å². The van der Waals surface area contributed by atoms with Gasteiger partial charge in [-0.05, 0) is 29.8 Å². The lowest BCUT2D eigenvalue weighted by atomic mass is 9.89. The predicted octanol–water partition coefficient (Wildman–Crippen LogP) is 2.68. The fourth-order valence-electron chi connectivity index (χ4n) is 2.90. The Morgan fingerprint density at radius 1 is 1.27 bits per heavy atom. The molecule has 0 saturated carbocycles. The number of carbonyl (C=O) groups excluding carboxylic acids is 2. The first-order valence-electron chi connectivity index (χ1n) is 8.00. The average Bonchev–Trinajstić information content (AvgIpc) is 2.65. The molecule has 1 aliphatic rings. The number of benzene rings is 2. The Labute approximate surface area is 155 Å². The standard InChI is InChI=1S/C19H17ClN2O4/c1-26-17-7-6-12(20)10-16(17)22-18(24)14-5-3-2-4-13(14)15(19(22)25)11-21-8-9-23/h2-7,10-11,15,23H,8-9H2,1H3/t15-/m1/s1. The lowest BCUT2D eigenvalue weighted by Gasteiger charge is -2.31. The van der Waals surface area contributed by atoms with Crippen LogP contribution in [0.5, 0.6) is 5.75 Å². The summed E-state index contributed by atoms with van der Waals surface area (Å²) >= 11 is 6.07. The molecule has 0 radical (unpaired) electrons. The summed E-state index contributed by atoms with van der Waals surface area (Å²) in [5.74, 6) is -1.27. The lowest BCUT2D eigenvalue weighted by Crippen LogP contribution is -2.45. The molecule has 0 bridgehead atoms. The Kier molecular flexibility index (Phi) is 5.35. The summed E-state index contributed by atoms with van der Waals surface area (Å²) < 4.78 is 5.30. The van der Waals surface area contributed by atoms with Crippen molar-refractivity contribution in [3.63, 3.8) is 0 Å². The van der Waals surface area contributed by atoms with Crippen molar-refractivity contribution in [2.24, 2.45) is 4.99 Å². The number of anilines is 1. The molecule has 1 aliphatic heterocycles. The quantitative estimate of drug-likeness (QED) is 0.646. The first-order valence-corrected chi connectivity index (χ1v) is 8.38. The predicted molar refractivity (Wildman–Crippen MR) is 99.4 cm³/mol. The Bertz CT molecular complexity index is 882. The number of methoxy groups -OCH3 is 1. The summed E-state index contributed by atoms with van der Waals surface area (Å²) in [6, 6.07) is 11.6. The summed E-state index contributed by atoms with van der Waals surface area (Å²) in [7, 11) is 1.46. The minimum Gasteiger partial charge on any atom is -0.495 e. The molecule has 2 aromatic rings. The zero-order valence-corrected chi connectivity index (χ0v) is 14.8. The molecule has 6 nitrogen and oxygen atoms in total. The number of aliphatic hydroxyl groups excluding tert-OH is 1. The molecule has 134 valence electrons. The van der Waals surface area contributed by atoms with Gasteiger partial charge in [0.15, 0.2) is 0 Å². The Balaban J connectivity index is 2.15. The number of aliphatic imine (C=N–C) groups is 1. The molecular formula is C19H17ClN2O4. The number of hydrogen-bond acceptors (Lipinski definition) is 5.